The first-order valence-corrected chi connectivity index (χ1v) is 6.70. The molecule has 0 aromatic carbocycles. The van der Waals surface area contributed by atoms with Crippen LogP contribution in [0.5, 0.6) is 0 Å². The van der Waals surface area contributed by atoms with Crippen molar-refractivity contribution in [3.63, 3.8) is 0 Å². The molecule has 0 saturated carbocycles. The predicted octanol–water partition coefficient (Wildman–Crippen LogP) is 0.270. The van der Waals surface area contributed by atoms with Gasteiger partial charge in [-0.3, -0.25) is 9.78 Å². The monoisotopic (exact) mass is 274 g/mol. The summed E-state index contributed by atoms with van der Waals surface area (Å²) in [5, 5.41) is 17.9. The number of hydrogen-bond acceptors (Lipinski definition) is 4. The SMILES string of the molecule is O=C(c1ccncc1C#CCCO)N1CCC(CO)C1. The number of rotatable bonds is 3. The Labute approximate surface area is 118 Å². The van der Waals surface area contributed by atoms with Crippen LogP contribution >= 0.6 is 0 Å². The predicted molar refractivity (Wildman–Crippen MR) is 73.9 cm³/mol. The Hall–Kier alpha value is -1.90. The van der Waals surface area contributed by atoms with E-state index in [1.54, 1.807) is 23.4 Å². The molecule has 0 aliphatic carbocycles. The lowest BCUT2D eigenvalue weighted by Crippen LogP contribution is -2.29. The summed E-state index contributed by atoms with van der Waals surface area (Å²) in [6.45, 7) is 1.36. The zero-order valence-electron chi connectivity index (χ0n) is 11.2. The molecule has 5 heteroatoms. The van der Waals surface area contributed by atoms with Gasteiger partial charge in [0.25, 0.3) is 5.91 Å². The highest BCUT2D eigenvalue weighted by atomic mass is 16.3. The summed E-state index contributed by atoms with van der Waals surface area (Å²) < 4.78 is 0. The Morgan fingerprint density at radius 3 is 3.05 bits per heavy atom. The van der Waals surface area contributed by atoms with Crippen LogP contribution in [0, 0.1) is 17.8 Å². The third-order valence-electron chi connectivity index (χ3n) is 3.34. The molecule has 0 radical (unpaired) electrons. The highest BCUT2D eigenvalue weighted by molar-refractivity contribution is 5.96. The molecule has 2 N–H and O–H groups in total. The van der Waals surface area contributed by atoms with E-state index in [0.29, 0.717) is 30.6 Å². The summed E-state index contributed by atoms with van der Waals surface area (Å²) in [6.07, 6.45) is 4.35. The first-order valence-electron chi connectivity index (χ1n) is 6.70. The average molecular weight is 274 g/mol. The number of amides is 1. The largest absolute Gasteiger partial charge is 0.396 e. The van der Waals surface area contributed by atoms with Crippen LogP contribution in [0.3, 0.4) is 0 Å². The van der Waals surface area contributed by atoms with Crippen molar-refractivity contribution in [3.8, 4) is 11.8 Å². The van der Waals surface area contributed by atoms with E-state index in [1.165, 1.54) is 0 Å². The Kier molecular flexibility index (Phi) is 5.10. The van der Waals surface area contributed by atoms with Crippen molar-refractivity contribution >= 4 is 5.91 Å². The second kappa shape index (κ2) is 7.04. The fourth-order valence-corrected chi connectivity index (χ4v) is 2.23. The Bertz CT molecular complexity index is 533. The van der Waals surface area contributed by atoms with Gasteiger partial charge in [-0.25, -0.2) is 0 Å². The highest BCUT2D eigenvalue weighted by Crippen LogP contribution is 2.19. The zero-order chi connectivity index (χ0) is 14.4. The average Bonchev–Trinajstić information content (AvgIpc) is 2.96. The van der Waals surface area contributed by atoms with Crippen LogP contribution in [0.4, 0.5) is 0 Å². The van der Waals surface area contributed by atoms with E-state index in [2.05, 4.69) is 16.8 Å². The number of nitrogens with zero attached hydrogens (tertiary/aromatic N) is 2. The fourth-order valence-electron chi connectivity index (χ4n) is 2.23. The molecule has 1 aromatic heterocycles. The normalized spacial score (nSPS) is 17.7. The minimum absolute atomic E-state index is 0.000840. The van der Waals surface area contributed by atoms with E-state index in [-0.39, 0.29) is 25.0 Å². The van der Waals surface area contributed by atoms with Crippen molar-refractivity contribution in [1.82, 2.24) is 9.88 Å². The number of carbonyl (C=O) groups excluding carboxylic acids is 1. The third kappa shape index (κ3) is 3.35. The Morgan fingerprint density at radius 1 is 1.50 bits per heavy atom. The number of hydrogen-bond donors (Lipinski definition) is 2. The van der Waals surface area contributed by atoms with Gasteiger partial charge in [0.2, 0.25) is 0 Å². The molecule has 1 fully saturated rings. The Balaban J connectivity index is 2.16. The van der Waals surface area contributed by atoms with Gasteiger partial charge in [0.1, 0.15) is 0 Å². The fraction of sp³-hybridized carbons (Fsp3) is 0.467. The molecule has 1 aromatic rings. The number of likely N-dealkylation sites (tertiary alicyclic amines) is 1. The van der Waals surface area contributed by atoms with Crippen molar-refractivity contribution in [2.75, 3.05) is 26.3 Å². The summed E-state index contributed by atoms with van der Waals surface area (Å²) in [5.41, 5.74) is 1.11. The van der Waals surface area contributed by atoms with E-state index < -0.39 is 0 Å². The summed E-state index contributed by atoms with van der Waals surface area (Å²) in [6, 6.07) is 1.66. The number of aliphatic hydroxyl groups excluding tert-OH is 2. The van der Waals surface area contributed by atoms with Crippen LogP contribution in [0.2, 0.25) is 0 Å². The van der Waals surface area contributed by atoms with E-state index in [0.717, 1.165) is 6.42 Å². The third-order valence-corrected chi connectivity index (χ3v) is 3.34. The zero-order valence-corrected chi connectivity index (χ0v) is 11.2. The van der Waals surface area contributed by atoms with Crippen LogP contribution in [0.15, 0.2) is 18.5 Å². The lowest BCUT2D eigenvalue weighted by Gasteiger charge is -2.16. The summed E-state index contributed by atoms with van der Waals surface area (Å²) in [4.78, 5) is 18.2. The maximum atomic E-state index is 12.5. The minimum Gasteiger partial charge on any atom is -0.396 e. The highest BCUT2D eigenvalue weighted by Gasteiger charge is 2.27. The molecule has 1 saturated heterocycles. The van der Waals surface area contributed by atoms with E-state index >= 15 is 0 Å². The number of carbonyl (C=O) groups is 1. The molecule has 2 heterocycles. The number of aromatic nitrogens is 1. The van der Waals surface area contributed by atoms with Gasteiger partial charge in [-0.2, -0.15) is 0 Å². The molecule has 1 unspecified atom stereocenters. The van der Waals surface area contributed by atoms with Crippen LogP contribution in [-0.2, 0) is 0 Å². The molecule has 1 aliphatic rings. The van der Waals surface area contributed by atoms with Crippen molar-refractivity contribution < 1.29 is 15.0 Å². The molecule has 1 atom stereocenters. The maximum Gasteiger partial charge on any atom is 0.255 e. The second-order valence-electron chi connectivity index (χ2n) is 4.79. The van der Waals surface area contributed by atoms with Crippen molar-refractivity contribution in [2.24, 2.45) is 5.92 Å². The molecule has 1 amide bonds. The van der Waals surface area contributed by atoms with E-state index in [4.69, 9.17) is 10.2 Å². The molecule has 5 nitrogen and oxygen atoms in total. The lowest BCUT2D eigenvalue weighted by atomic mass is 10.1. The molecular formula is C15H18N2O3. The topological polar surface area (TPSA) is 73.7 Å². The molecule has 106 valence electrons. The van der Waals surface area contributed by atoms with Gasteiger partial charge in [0.15, 0.2) is 0 Å². The first-order chi connectivity index (χ1) is 9.76. The number of pyridine rings is 1. The van der Waals surface area contributed by atoms with Gasteiger partial charge in [-0.1, -0.05) is 11.8 Å². The number of aliphatic hydroxyl groups is 2. The summed E-state index contributed by atoms with van der Waals surface area (Å²) in [7, 11) is 0. The maximum absolute atomic E-state index is 12.5. The van der Waals surface area contributed by atoms with Gasteiger partial charge in [0, 0.05) is 44.4 Å². The van der Waals surface area contributed by atoms with Gasteiger partial charge in [-0.15, -0.1) is 0 Å². The second-order valence-corrected chi connectivity index (χ2v) is 4.79. The van der Waals surface area contributed by atoms with E-state index in [9.17, 15) is 4.79 Å². The molecule has 2 rings (SSSR count). The smallest absolute Gasteiger partial charge is 0.255 e. The molecule has 0 bridgehead atoms. The van der Waals surface area contributed by atoms with Crippen molar-refractivity contribution in [3.05, 3.63) is 29.6 Å². The van der Waals surface area contributed by atoms with Crippen LogP contribution in [-0.4, -0.2) is 52.3 Å². The summed E-state index contributed by atoms with van der Waals surface area (Å²) in [5.74, 6) is 5.78. The minimum atomic E-state index is -0.0725. The van der Waals surface area contributed by atoms with Gasteiger partial charge in [-0.05, 0) is 12.5 Å². The van der Waals surface area contributed by atoms with E-state index in [1.807, 2.05) is 0 Å². The van der Waals surface area contributed by atoms with Gasteiger partial charge in [0.05, 0.1) is 17.7 Å². The standard InChI is InChI=1S/C15H18N2O3/c18-8-2-1-3-13-9-16-6-4-14(13)15(20)17-7-5-12(10-17)11-19/h4,6,9,12,18-19H,2,5,7-8,10-11H2. The van der Waals surface area contributed by atoms with Crippen LogP contribution < -0.4 is 0 Å². The van der Waals surface area contributed by atoms with Crippen LogP contribution in [0.1, 0.15) is 28.8 Å². The molecule has 0 spiro atoms. The van der Waals surface area contributed by atoms with Crippen LogP contribution in [0.25, 0.3) is 0 Å². The Morgan fingerprint density at radius 2 is 2.35 bits per heavy atom. The van der Waals surface area contributed by atoms with Crippen molar-refractivity contribution in [2.45, 2.75) is 12.8 Å². The molecule has 1 aliphatic heterocycles. The van der Waals surface area contributed by atoms with Crippen molar-refractivity contribution in [1.29, 1.82) is 0 Å². The summed E-state index contributed by atoms with van der Waals surface area (Å²) >= 11 is 0. The lowest BCUT2D eigenvalue weighted by molar-refractivity contribution is 0.0781. The molecule has 20 heavy (non-hydrogen) atoms. The molecular weight excluding hydrogens is 256 g/mol. The quantitative estimate of drug-likeness (QED) is 0.776. The van der Waals surface area contributed by atoms with Gasteiger partial charge < -0.3 is 15.1 Å². The first kappa shape index (κ1) is 14.5. The van der Waals surface area contributed by atoms with Gasteiger partial charge >= 0.3 is 0 Å².